The molecule has 5 nitrogen and oxygen atoms in total. The van der Waals surface area contributed by atoms with E-state index in [1.165, 1.54) is 0 Å². The Hall–Kier alpha value is -2.53. The van der Waals surface area contributed by atoms with Crippen molar-refractivity contribution in [2.24, 2.45) is 0 Å². The number of amides is 2. The summed E-state index contributed by atoms with van der Waals surface area (Å²) < 4.78 is 6.16. The highest BCUT2D eigenvalue weighted by molar-refractivity contribution is 6.30. The first-order chi connectivity index (χ1) is 13.3. The number of benzene rings is 2. The molecule has 2 aliphatic heterocycles. The van der Waals surface area contributed by atoms with Crippen LogP contribution >= 0.6 is 11.6 Å². The maximum atomic E-state index is 13.2. The fourth-order valence-electron chi connectivity index (χ4n) is 3.94. The zero-order chi connectivity index (χ0) is 19.9. The van der Waals surface area contributed by atoms with Gasteiger partial charge in [0.25, 0.3) is 5.91 Å². The predicted octanol–water partition coefficient (Wildman–Crippen LogP) is 3.76. The van der Waals surface area contributed by atoms with E-state index in [9.17, 15) is 9.59 Å². The lowest BCUT2D eigenvalue weighted by Crippen LogP contribution is -2.62. The van der Waals surface area contributed by atoms with Crippen LogP contribution in [0.3, 0.4) is 0 Å². The minimum atomic E-state index is -0.743. The van der Waals surface area contributed by atoms with Crippen LogP contribution in [0.4, 0.5) is 0 Å². The SMILES string of the molecule is CC(C)(C(=O)N1CCC2(CC1)NC(=O)c1ccccc1O2)c1ccc(Cl)cc1. The molecule has 2 aromatic carbocycles. The molecular formula is C22H23ClN2O3. The number of ether oxygens (including phenoxy) is 1. The Bertz CT molecular complexity index is 916. The molecule has 28 heavy (non-hydrogen) atoms. The van der Waals surface area contributed by atoms with Crippen LogP contribution in [0.2, 0.25) is 5.02 Å². The summed E-state index contributed by atoms with van der Waals surface area (Å²) in [5, 5.41) is 3.66. The summed E-state index contributed by atoms with van der Waals surface area (Å²) >= 11 is 5.98. The summed E-state index contributed by atoms with van der Waals surface area (Å²) in [5.41, 5.74) is 0.0826. The lowest BCUT2D eigenvalue weighted by Gasteiger charge is -2.45. The van der Waals surface area contributed by atoms with E-state index >= 15 is 0 Å². The average Bonchev–Trinajstić information content (AvgIpc) is 2.68. The standard InChI is InChI=1S/C22H23ClN2O3/c1-21(2,15-7-9-16(23)10-8-15)20(27)25-13-11-22(12-14-25)24-19(26)17-5-3-4-6-18(17)28-22/h3-10H,11-14H2,1-2H3,(H,24,26). The summed E-state index contributed by atoms with van der Waals surface area (Å²) in [4.78, 5) is 27.5. The fourth-order valence-corrected chi connectivity index (χ4v) is 4.06. The smallest absolute Gasteiger partial charge is 0.258 e. The number of hydrogen-bond acceptors (Lipinski definition) is 3. The Balaban J connectivity index is 1.48. The summed E-state index contributed by atoms with van der Waals surface area (Å²) in [6.45, 7) is 4.91. The minimum absolute atomic E-state index is 0.0622. The molecule has 1 saturated heterocycles. The number of para-hydroxylation sites is 1. The molecule has 0 atom stereocenters. The molecule has 6 heteroatoms. The summed E-state index contributed by atoms with van der Waals surface area (Å²) in [7, 11) is 0. The van der Waals surface area contributed by atoms with Crippen LogP contribution in [-0.2, 0) is 10.2 Å². The van der Waals surface area contributed by atoms with Gasteiger partial charge in [-0.15, -0.1) is 0 Å². The Labute approximate surface area is 169 Å². The van der Waals surface area contributed by atoms with E-state index in [0.29, 0.717) is 42.3 Å². The molecule has 1 N–H and O–H groups in total. The van der Waals surface area contributed by atoms with Crippen LogP contribution in [0.15, 0.2) is 48.5 Å². The molecule has 146 valence electrons. The number of piperidine rings is 1. The van der Waals surface area contributed by atoms with Crippen molar-refractivity contribution in [2.45, 2.75) is 37.8 Å². The van der Waals surface area contributed by atoms with Gasteiger partial charge in [0.05, 0.1) is 11.0 Å². The van der Waals surface area contributed by atoms with Crippen LogP contribution in [0.5, 0.6) is 5.75 Å². The molecule has 4 rings (SSSR count). The van der Waals surface area contributed by atoms with Gasteiger partial charge in [-0.05, 0) is 43.7 Å². The van der Waals surface area contributed by atoms with E-state index in [4.69, 9.17) is 16.3 Å². The lowest BCUT2D eigenvalue weighted by molar-refractivity contribution is -0.140. The minimum Gasteiger partial charge on any atom is -0.467 e. The number of fused-ring (bicyclic) bond motifs is 1. The van der Waals surface area contributed by atoms with Crippen molar-refractivity contribution in [3.63, 3.8) is 0 Å². The third-order valence-electron chi connectivity index (χ3n) is 5.74. The molecule has 0 radical (unpaired) electrons. The Kier molecular flexibility index (Phi) is 4.58. The van der Waals surface area contributed by atoms with Crippen LogP contribution in [0.1, 0.15) is 42.6 Å². The van der Waals surface area contributed by atoms with Gasteiger partial charge >= 0.3 is 0 Å². The second-order valence-corrected chi connectivity index (χ2v) is 8.41. The third-order valence-corrected chi connectivity index (χ3v) is 5.99. The Morgan fingerprint density at radius 3 is 2.43 bits per heavy atom. The van der Waals surface area contributed by atoms with E-state index in [1.807, 2.05) is 49.1 Å². The van der Waals surface area contributed by atoms with E-state index < -0.39 is 11.1 Å². The summed E-state index contributed by atoms with van der Waals surface area (Å²) in [6, 6.07) is 14.7. The number of likely N-dealkylation sites (tertiary alicyclic amines) is 1. The first-order valence-electron chi connectivity index (χ1n) is 9.47. The van der Waals surface area contributed by atoms with Crippen LogP contribution in [-0.4, -0.2) is 35.5 Å². The third kappa shape index (κ3) is 3.24. The van der Waals surface area contributed by atoms with Gasteiger partial charge in [-0.25, -0.2) is 0 Å². The van der Waals surface area contributed by atoms with Crippen molar-refractivity contribution in [3.05, 3.63) is 64.7 Å². The second-order valence-electron chi connectivity index (χ2n) is 7.97. The van der Waals surface area contributed by atoms with Crippen molar-refractivity contribution in [1.29, 1.82) is 0 Å². The monoisotopic (exact) mass is 398 g/mol. The topological polar surface area (TPSA) is 58.6 Å². The van der Waals surface area contributed by atoms with Gasteiger partial charge < -0.3 is 15.0 Å². The van der Waals surface area contributed by atoms with E-state index in [0.717, 1.165) is 5.56 Å². The predicted molar refractivity (Wildman–Crippen MR) is 108 cm³/mol. The molecule has 0 unspecified atom stereocenters. The van der Waals surface area contributed by atoms with Gasteiger partial charge in [-0.3, -0.25) is 9.59 Å². The molecule has 1 spiro atoms. The van der Waals surface area contributed by atoms with Gasteiger partial charge in [0.15, 0.2) is 5.72 Å². The molecule has 0 bridgehead atoms. The highest BCUT2D eigenvalue weighted by Crippen LogP contribution is 2.35. The Morgan fingerprint density at radius 2 is 1.75 bits per heavy atom. The number of carbonyl (C=O) groups excluding carboxylic acids is 2. The van der Waals surface area contributed by atoms with E-state index in [2.05, 4.69) is 5.32 Å². The van der Waals surface area contributed by atoms with Gasteiger partial charge in [0.1, 0.15) is 5.75 Å². The summed E-state index contributed by atoms with van der Waals surface area (Å²) in [6.07, 6.45) is 1.10. The molecule has 2 aliphatic rings. The number of halogens is 1. The maximum absolute atomic E-state index is 13.2. The normalized spacial score (nSPS) is 18.2. The van der Waals surface area contributed by atoms with Crippen LogP contribution in [0, 0.1) is 0 Å². The molecule has 0 aliphatic carbocycles. The highest BCUT2D eigenvalue weighted by atomic mass is 35.5. The largest absolute Gasteiger partial charge is 0.467 e. The van der Waals surface area contributed by atoms with Crippen molar-refractivity contribution in [2.75, 3.05) is 13.1 Å². The molecule has 2 amide bonds. The first-order valence-corrected chi connectivity index (χ1v) is 9.85. The maximum Gasteiger partial charge on any atom is 0.258 e. The van der Waals surface area contributed by atoms with Crippen molar-refractivity contribution in [1.82, 2.24) is 10.2 Å². The highest BCUT2D eigenvalue weighted by Gasteiger charge is 2.45. The number of hydrogen-bond donors (Lipinski definition) is 1. The molecule has 2 aromatic rings. The van der Waals surface area contributed by atoms with Crippen molar-refractivity contribution >= 4 is 23.4 Å². The van der Waals surface area contributed by atoms with Crippen molar-refractivity contribution in [3.8, 4) is 5.75 Å². The molecule has 2 heterocycles. The summed E-state index contributed by atoms with van der Waals surface area (Å²) in [5.74, 6) is 0.544. The van der Waals surface area contributed by atoms with Crippen LogP contribution in [0.25, 0.3) is 0 Å². The zero-order valence-corrected chi connectivity index (χ0v) is 16.8. The molecule has 1 fully saturated rings. The lowest BCUT2D eigenvalue weighted by atomic mass is 9.82. The van der Waals surface area contributed by atoms with Crippen molar-refractivity contribution < 1.29 is 14.3 Å². The number of carbonyl (C=O) groups is 2. The Morgan fingerprint density at radius 1 is 1.11 bits per heavy atom. The van der Waals surface area contributed by atoms with Gasteiger partial charge in [-0.2, -0.15) is 0 Å². The van der Waals surface area contributed by atoms with Crippen LogP contribution < -0.4 is 10.1 Å². The van der Waals surface area contributed by atoms with Gasteiger partial charge in [0, 0.05) is 31.0 Å². The quantitative estimate of drug-likeness (QED) is 0.837. The van der Waals surface area contributed by atoms with Gasteiger partial charge in [-0.1, -0.05) is 35.9 Å². The number of nitrogens with one attached hydrogen (secondary N) is 1. The fraction of sp³-hybridized carbons (Fsp3) is 0.364. The van der Waals surface area contributed by atoms with E-state index in [1.54, 1.807) is 18.2 Å². The molecule has 0 aromatic heterocycles. The number of rotatable bonds is 2. The zero-order valence-electron chi connectivity index (χ0n) is 16.0. The molecular weight excluding hydrogens is 376 g/mol. The second kappa shape index (κ2) is 6.82. The van der Waals surface area contributed by atoms with Gasteiger partial charge in [0.2, 0.25) is 5.91 Å². The number of nitrogens with zero attached hydrogens (tertiary/aromatic N) is 1. The molecule has 0 saturated carbocycles. The first kappa shape index (κ1) is 18.8. The average molecular weight is 399 g/mol. The van der Waals surface area contributed by atoms with E-state index in [-0.39, 0.29) is 11.8 Å².